The zero-order valence-corrected chi connectivity index (χ0v) is 19.1. The summed E-state index contributed by atoms with van der Waals surface area (Å²) in [5.41, 5.74) is 3.55. The molecule has 0 spiro atoms. The fourth-order valence-electron chi connectivity index (χ4n) is 3.97. The Balaban J connectivity index is 1.80. The molecule has 8 heteroatoms. The zero-order chi connectivity index (χ0) is 24.5. The van der Waals surface area contributed by atoms with Crippen LogP contribution < -0.4 is 0 Å². The Kier molecular flexibility index (Phi) is 6.06. The first-order valence-corrected chi connectivity index (χ1v) is 10.8. The SMILES string of the molecule is CC(C)(C)Cc1nc2c(C=O)nnc(C=O)c2n1Cc1ccc(-c2ccccc2C(=O)O)cc1. The second-order valence-corrected chi connectivity index (χ2v) is 9.30. The number of carboxylic acid groups (broad SMARTS) is 1. The van der Waals surface area contributed by atoms with E-state index >= 15 is 0 Å². The number of aromatic nitrogens is 4. The highest BCUT2D eigenvalue weighted by atomic mass is 16.4. The van der Waals surface area contributed by atoms with Gasteiger partial charge in [0.05, 0.1) is 5.56 Å². The number of fused-ring (bicyclic) bond motifs is 1. The van der Waals surface area contributed by atoms with E-state index in [4.69, 9.17) is 0 Å². The van der Waals surface area contributed by atoms with Crippen molar-refractivity contribution in [2.24, 2.45) is 5.41 Å². The maximum atomic E-state index is 11.7. The topological polar surface area (TPSA) is 115 Å². The highest BCUT2D eigenvalue weighted by Crippen LogP contribution is 2.28. The predicted molar refractivity (Wildman–Crippen MR) is 127 cm³/mol. The second kappa shape index (κ2) is 8.97. The minimum absolute atomic E-state index is 0.0902. The number of carbonyl (C=O) groups is 3. The third kappa shape index (κ3) is 4.47. The molecule has 2 aromatic heterocycles. The van der Waals surface area contributed by atoms with Crippen LogP contribution in [0.1, 0.15) is 63.5 Å². The number of hydrogen-bond donors (Lipinski definition) is 1. The van der Waals surface area contributed by atoms with Gasteiger partial charge in [-0.25, -0.2) is 9.78 Å². The molecule has 0 atom stereocenters. The fraction of sp³-hybridized carbons (Fsp3) is 0.231. The van der Waals surface area contributed by atoms with Crippen molar-refractivity contribution >= 4 is 29.6 Å². The zero-order valence-electron chi connectivity index (χ0n) is 19.1. The molecule has 2 heterocycles. The van der Waals surface area contributed by atoms with Gasteiger partial charge in [-0.1, -0.05) is 63.2 Å². The van der Waals surface area contributed by atoms with Crippen molar-refractivity contribution in [1.82, 2.24) is 19.7 Å². The normalized spacial score (nSPS) is 11.5. The molecule has 8 nitrogen and oxygen atoms in total. The van der Waals surface area contributed by atoms with Crippen molar-refractivity contribution in [2.45, 2.75) is 33.7 Å². The highest BCUT2D eigenvalue weighted by Gasteiger charge is 2.23. The van der Waals surface area contributed by atoms with Crippen LogP contribution in [-0.4, -0.2) is 43.4 Å². The molecule has 1 N–H and O–H groups in total. The largest absolute Gasteiger partial charge is 0.478 e. The number of aromatic carboxylic acids is 1. The van der Waals surface area contributed by atoms with E-state index in [-0.39, 0.29) is 22.4 Å². The second-order valence-electron chi connectivity index (χ2n) is 9.30. The van der Waals surface area contributed by atoms with Crippen molar-refractivity contribution in [2.75, 3.05) is 0 Å². The van der Waals surface area contributed by atoms with Gasteiger partial charge in [0.15, 0.2) is 24.0 Å². The first-order chi connectivity index (χ1) is 16.2. The Labute approximate surface area is 196 Å². The highest BCUT2D eigenvalue weighted by molar-refractivity contribution is 5.99. The molecule has 0 fully saturated rings. The van der Waals surface area contributed by atoms with Gasteiger partial charge in [0, 0.05) is 13.0 Å². The van der Waals surface area contributed by atoms with Gasteiger partial charge in [0.25, 0.3) is 0 Å². The van der Waals surface area contributed by atoms with Gasteiger partial charge in [-0.3, -0.25) is 9.59 Å². The van der Waals surface area contributed by atoms with E-state index in [1.807, 2.05) is 28.8 Å². The molecule has 0 bridgehead atoms. The molecule has 0 amide bonds. The molecular weight excluding hydrogens is 432 g/mol. The van der Waals surface area contributed by atoms with Crippen molar-refractivity contribution in [3.05, 3.63) is 76.9 Å². The molecule has 0 aliphatic rings. The molecule has 0 radical (unpaired) electrons. The summed E-state index contributed by atoms with van der Waals surface area (Å²) in [6, 6.07) is 14.4. The number of aldehydes is 2. The quantitative estimate of drug-likeness (QED) is 0.408. The van der Waals surface area contributed by atoms with Gasteiger partial charge in [0.1, 0.15) is 16.9 Å². The molecule has 0 aliphatic carbocycles. The van der Waals surface area contributed by atoms with Crippen LogP contribution in [0, 0.1) is 5.41 Å². The lowest BCUT2D eigenvalue weighted by Gasteiger charge is -2.19. The third-order valence-corrected chi connectivity index (χ3v) is 5.47. The molecule has 0 aliphatic heterocycles. The number of carbonyl (C=O) groups excluding carboxylic acids is 2. The lowest BCUT2D eigenvalue weighted by Crippen LogP contribution is -2.15. The molecule has 4 aromatic rings. The summed E-state index contributed by atoms with van der Waals surface area (Å²) in [6.45, 7) is 6.66. The molecule has 2 aromatic carbocycles. The van der Waals surface area contributed by atoms with Gasteiger partial charge in [0.2, 0.25) is 0 Å². The van der Waals surface area contributed by atoms with Gasteiger partial charge in [-0.05, 0) is 28.2 Å². The van der Waals surface area contributed by atoms with Crippen LogP contribution in [0.3, 0.4) is 0 Å². The van der Waals surface area contributed by atoms with Crippen LogP contribution in [0.2, 0.25) is 0 Å². The van der Waals surface area contributed by atoms with Crippen molar-refractivity contribution < 1.29 is 19.5 Å². The van der Waals surface area contributed by atoms with Crippen LogP contribution in [0.5, 0.6) is 0 Å². The Morgan fingerprint density at radius 3 is 2.24 bits per heavy atom. The number of nitrogens with zero attached hydrogens (tertiary/aromatic N) is 4. The van der Waals surface area contributed by atoms with Crippen molar-refractivity contribution in [3.63, 3.8) is 0 Å². The molecule has 0 unspecified atom stereocenters. The Hall–Kier alpha value is -4.20. The Morgan fingerprint density at radius 1 is 0.971 bits per heavy atom. The summed E-state index contributed by atoms with van der Waals surface area (Å²) in [4.78, 5) is 39.5. The average molecular weight is 457 g/mol. The summed E-state index contributed by atoms with van der Waals surface area (Å²) in [6.07, 6.45) is 1.83. The molecule has 0 saturated heterocycles. The monoisotopic (exact) mass is 456 g/mol. The average Bonchev–Trinajstić information content (AvgIpc) is 3.15. The van der Waals surface area contributed by atoms with Crippen LogP contribution in [-0.2, 0) is 13.0 Å². The summed E-state index contributed by atoms with van der Waals surface area (Å²) in [7, 11) is 0. The van der Waals surface area contributed by atoms with Gasteiger partial charge < -0.3 is 9.67 Å². The Bertz CT molecular complexity index is 1400. The van der Waals surface area contributed by atoms with E-state index in [0.717, 1.165) is 17.0 Å². The number of rotatable bonds is 7. The first kappa shape index (κ1) is 23.0. The minimum Gasteiger partial charge on any atom is -0.478 e. The van der Waals surface area contributed by atoms with Gasteiger partial charge in [-0.2, -0.15) is 0 Å². The number of carboxylic acids is 1. The number of benzene rings is 2. The minimum atomic E-state index is -0.982. The summed E-state index contributed by atoms with van der Waals surface area (Å²) in [5, 5.41) is 17.3. The third-order valence-electron chi connectivity index (χ3n) is 5.47. The van der Waals surface area contributed by atoms with E-state index in [2.05, 4.69) is 36.0 Å². The lowest BCUT2D eigenvalue weighted by molar-refractivity contribution is 0.0697. The Morgan fingerprint density at radius 2 is 1.62 bits per heavy atom. The maximum absolute atomic E-state index is 11.7. The van der Waals surface area contributed by atoms with E-state index in [9.17, 15) is 19.5 Å². The predicted octanol–water partition coefficient (Wildman–Crippen LogP) is 4.45. The summed E-state index contributed by atoms with van der Waals surface area (Å²) in [5.74, 6) is -0.256. The van der Waals surface area contributed by atoms with E-state index in [0.29, 0.717) is 42.1 Å². The van der Waals surface area contributed by atoms with Crippen LogP contribution in [0.4, 0.5) is 0 Å². The maximum Gasteiger partial charge on any atom is 0.336 e. The van der Waals surface area contributed by atoms with Gasteiger partial charge >= 0.3 is 5.97 Å². The van der Waals surface area contributed by atoms with Crippen LogP contribution in [0.25, 0.3) is 22.2 Å². The fourth-order valence-corrected chi connectivity index (χ4v) is 3.97. The first-order valence-electron chi connectivity index (χ1n) is 10.8. The van der Waals surface area contributed by atoms with Crippen LogP contribution >= 0.6 is 0 Å². The molecule has 172 valence electrons. The van der Waals surface area contributed by atoms with E-state index in [1.54, 1.807) is 24.3 Å². The smallest absolute Gasteiger partial charge is 0.336 e. The van der Waals surface area contributed by atoms with Crippen molar-refractivity contribution in [1.29, 1.82) is 0 Å². The summed E-state index contributed by atoms with van der Waals surface area (Å²) >= 11 is 0. The van der Waals surface area contributed by atoms with E-state index < -0.39 is 5.97 Å². The number of hydrogen-bond acceptors (Lipinski definition) is 6. The molecule has 0 saturated carbocycles. The van der Waals surface area contributed by atoms with Crippen molar-refractivity contribution in [3.8, 4) is 11.1 Å². The molecule has 34 heavy (non-hydrogen) atoms. The number of imidazole rings is 1. The molecule has 4 rings (SSSR count). The van der Waals surface area contributed by atoms with Crippen LogP contribution in [0.15, 0.2) is 48.5 Å². The summed E-state index contributed by atoms with van der Waals surface area (Å²) < 4.78 is 1.91. The lowest BCUT2D eigenvalue weighted by atomic mass is 9.92. The molecular formula is C26H24N4O4. The standard InChI is InChI=1S/C26H24N4O4/c1-26(2,3)12-22-27-23-20(14-31)28-29-21(15-32)24(23)30(22)13-16-8-10-17(11-9-16)18-6-4-5-7-19(18)25(33)34/h4-11,14-15H,12-13H2,1-3H3,(H,33,34). The van der Waals surface area contributed by atoms with E-state index in [1.165, 1.54) is 0 Å². The van der Waals surface area contributed by atoms with Gasteiger partial charge in [-0.15, -0.1) is 10.2 Å².